The van der Waals surface area contributed by atoms with Crippen molar-refractivity contribution in [1.29, 1.82) is 0 Å². The van der Waals surface area contributed by atoms with Crippen LogP contribution >= 0.6 is 0 Å². The lowest BCUT2D eigenvalue weighted by molar-refractivity contribution is -0.118. The number of carbonyl (C=O) groups excluding carboxylic acids is 1. The molecule has 2 N–H and O–H groups in total. The number of rotatable bonds is 2. The first-order valence-corrected chi connectivity index (χ1v) is 6.25. The second-order valence-corrected chi connectivity index (χ2v) is 5.42. The minimum atomic E-state index is -0.00351. The number of aryl methyl sites for hydroxylation is 1. The average Bonchev–Trinajstić information content (AvgIpc) is 3.02. The summed E-state index contributed by atoms with van der Waals surface area (Å²) in [7, 11) is 1.87. The standard InChI is InChI=1S/C14H18N2O/c1-16-12(17)6-5-10-3-2-4-11(13(10)16)9-14(15)7-8-14/h2-4H,5-9,15H2,1H3. The summed E-state index contributed by atoms with van der Waals surface area (Å²) >= 11 is 0. The molecule has 0 atom stereocenters. The predicted molar refractivity (Wildman–Crippen MR) is 68.0 cm³/mol. The Kier molecular flexibility index (Phi) is 2.26. The van der Waals surface area contributed by atoms with Crippen LogP contribution in [0.5, 0.6) is 0 Å². The van der Waals surface area contributed by atoms with Crippen LogP contribution in [0.4, 0.5) is 5.69 Å². The zero-order chi connectivity index (χ0) is 12.0. The molecule has 1 amide bonds. The third kappa shape index (κ3) is 1.84. The van der Waals surface area contributed by atoms with Crippen LogP contribution in [0.3, 0.4) is 0 Å². The highest BCUT2D eigenvalue weighted by Crippen LogP contribution is 2.39. The van der Waals surface area contributed by atoms with Gasteiger partial charge in [0.2, 0.25) is 5.91 Å². The molecule has 3 heteroatoms. The van der Waals surface area contributed by atoms with E-state index in [1.54, 1.807) is 4.90 Å². The van der Waals surface area contributed by atoms with Gasteiger partial charge in [0.05, 0.1) is 0 Å². The van der Waals surface area contributed by atoms with Crippen molar-refractivity contribution in [2.45, 2.75) is 37.6 Å². The quantitative estimate of drug-likeness (QED) is 0.839. The highest BCUT2D eigenvalue weighted by molar-refractivity contribution is 5.96. The van der Waals surface area contributed by atoms with Gasteiger partial charge in [-0.05, 0) is 36.8 Å². The number of para-hydroxylation sites is 1. The molecule has 90 valence electrons. The van der Waals surface area contributed by atoms with E-state index in [9.17, 15) is 4.79 Å². The van der Waals surface area contributed by atoms with Crippen molar-refractivity contribution >= 4 is 11.6 Å². The number of carbonyl (C=O) groups is 1. The van der Waals surface area contributed by atoms with E-state index in [1.807, 2.05) is 7.05 Å². The average molecular weight is 230 g/mol. The summed E-state index contributed by atoms with van der Waals surface area (Å²) in [4.78, 5) is 13.6. The van der Waals surface area contributed by atoms with Crippen LogP contribution in [0.2, 0.25) is 0 Å². The molecule has 0 saturated heterocycles. The first kappa shape index (κ1) is 10.8. The van der Waals surface area contributed by atoms with E-state index in [1.165, 1.54) is 11.1 Å². The van der Waals surface area contributed by atoms with Crippen molar-refractivity contribution < 1.29 is 4.79 Å². The predicted octanol–water partition coefficient (Wildman–Crippen LogP) is 1.63. The third-order valence-corrected chi connectivity index (χ3v) is 3.96. The molecular weight excluding hydrogens is 212 g/mol. The lowest BCUT2D eigenvalue weighted by Gasteiger charge is -2.29. The van der Waals surface area contributed by atoms with E-state index >= 15 is 0 Å². The molecule has 3 rings (SSSR count). The number of fused-ring (bicyclic) bond motifs is 1. The highest BCUT2D eigenvalue weighted by atomic mass is 16.2. The number of benzene rings is 1. The summed E-state index contributed by atoms with van der Waals surface area (Å²) in [5, 5.41) is 0. The molecule has 1 saturated carbocycles. The first-order chi connectivity index (χ1) is 8.09. The number of amides is 1. The number of hydrogen-bond acceptors (Lipinski definition) is 2. The second kappa shape index (κ2) is 3.57. The maximum atomic E-state index is 11.8. The summed E-state index contributed by atoms with van der Waals surface area (Å²) in [6.07, 6.45) is 4.60. The van der Waals surface area contributed by atoms with Gasteiger partial charge in [-0.1, -0.05) is 18.2 Å². The Morgan fingerprint density at radius 3 is 2.82 bits per heavy atom. The molecule has 1 aromatic carbocycles. The summed E-state index contributed by atoms with van der Waals surface area (Å²) in [5.74, 6) is 0.215. The van der Waals surface area contributed by atoms with Gasteiger partial charge in [0.25, 0.3) is 0 Å². The van der Waals surface area contributed by atoms with E-state index in [0.29, 0.717) is 6.42 Å². The summed E-state index contributed by atoms with van der Waals surface area (Å²) in [5.41, 5.74) is 9.82. The van der Waals surface area contributed by atoms with Crippen LogP contribution in [-0.4, -0.2) is 18.5 Å². The van der Waals surface area contributed by atoms with E-state index in [2.05, 4.69) is 18.2 Å². The Bertz CT molecular complexity index is 477. The minimum Gasteiger partial charge on any atom is -0.325 e. The molecule has 2 aliphatic rings. The van der Waals surface area contributed by atoms with Crippen molar-refractivity contribution in [2.75, 3.05) is 11.9 Å². The summed E-state index contributed by atoms with van der Waals surface area (Å²) in [6.45, 7) is 0. The third-order valence-electron chi connectivity index (χ3n) is 3.96. The Hall–Kier alpha value is -1.35. The number of nitrogens with zero attached hydrogens (tertiary/aromatic N) is 1. The van der Waals surface area contributed by atoms with Crippen LogP contribution in [-0.2, 0) is 17.6 Å². The van der Waals surface area contributed by atoms with Gasteiger partial charge in [-0.3, -0.25) is 4.79 Å². The van der Waals surface area contributed by atoms with Crippen molar-refractivity contribution in [3.63, 3.8) is 0 Å². The highest BCUT2D eigenvalue weighted by Gasteiger charge is 2.39. The van der Waals surface area contributed by atoms with Crippen molar-refractivity contribution in [1.82, 2.24) is 0 Å². The smallest absolute Gasteiger partial charge is 0.227 e. The zero-order valence-corrected chi connectivity index (χ0v) is 10.2. The van der Waals surface area contributed by atoms with Gasteiger partial charge in [-0.2, -0.15) is 0 Å². The topological polar surface area (TPSA) is 46.3 Å². The van der Waals surface area contributed by atoms with Gasteiger partial charge in [0.1, 0.15) is 0 Å². The first-order valence-electron chi connectivity index (χ1n) is 6.25. The molecule has 1 fully saturated rings. The molecule has 0 bridgehead atoms. The largest absolute Gasteiger partial charge is 0.325 e. The maximum absolute atomic E-state index is 11.8. The monoisotopic (exact) mass is 230 g/mol. The Balaban J connectivity index is 2.01. The Labute approximate surface area is 102 Å². The van der Waals surface area contributed by atoms with Gasteiger partial charge in [-0.15, -0.1) is 0 Å². The summed E-state index contributed by atoms with van der Waals surface area (Å²) in [6, 6.07) is 6.32. The van der Waals surface area contributed by atoms with Crippen LogP contribution in [0.25, 0.3) is 0 Å². The lowest BCUT2D eigenvalue weighted by Crippen LogP contribution is -2.33. The molecule has 1 heterocycles. The fourth-order valence-corrected chi connectivity index (χ4v) is 2.67. The fraction of sp³-hybridized carbons (Fsp3) is 0.500. The van der Waals surface area contributed by atoms with Crippen LogP contribution in [0.1, 0.15) is 30.4 Å². The van der Waals surface area contributed by atoms with Crippen molar-refractivity contribution in [2.24, 2.45) is 5.73 Å². The normalized spacial score (nSPS) is 21.3. The molecule has 1 aromatic rings. The molecule has 3 nitrogen and oxygen atoms in total. The minimum absolute atomic E-state index is 0.00351. The van der Waals surface area contributed by atoms with Crippen molar-refractivity contribution in [3.05, 3.63) is 29.3 Å². The van der Waals surface area contributed by atoms with E-state index in [-0.39, 0.29) is 11.4 Å². The van der Waals surface area contributed by atoms with E-state index in [4.69, 9.17) is 5.73 Å². The Morgan fingerprint density at radius 2 is 2.12 bits per heavy atom. The molecular formula is C14H18N2O. The van der Waals surface area contributed by atoms with E-state index in [0.717, 1.165) is 31.4 Å². The molecule has 0 unspecified atom stereocenters. The van der Waals surface area contributed by atoms with Gasteiger partial charge < -0.3 is 10.6 Å². The number of anilines is 1. The summed E-state index contributed by atoms with van der Waals surface area (Å²) < 4.78 is 0. The second-order valence-electron chi connectivity index (χ2n) is 5.42. The lowest BCUT2D eigenvalue weighted by atomic mass is 9.94. The Morgan fingerprint density at radius 1 is 1.35 bits per heavy atom. The molecule has 0 aromatic heterocycles. The zero-order valence-electron chi connectivity index (χ0n) is 10.2. The number of nitrogens with two attached hydrogens (primary N) is 1. The molecule has 17 heavy (non-hydrogen) atoms. The van der Waals surface area contributed by atoms with Crippen molar-refractivity contribution in [3.8, 4) is 0 Å². The van der Waals surface area contributed by atoms with Crippen LogP contribution in [0, 0.1) is 0 Å². The van der Waals surface area contributed by atoms with Gasteiger partial charge >= 0.3 is 0 Å². The van der Waals surface area contributed by atoms with Gasteiger partial charge in [-0.25, -0.2) is 0 Å². The van der Waals surface area contributed by atoms with E-state index < -0.39 is 0 Å². The molecule has 0 radical (unpaired) electrons. The molecule has 1 aliphatic carbocycles. The maximum Gasteiger partial charge on any atom is 0.227 e. The number of hydrogen-bond donors (Lipinski definition) is 1. The molecule has 0 spiro atoms. The van der Waals surface area contributed by atoms with Gasteiger partial charge in [0, 0.05) is 24.7 Å². The van der Waals surface area contributed by atoms with Crippen LogP contribution < -0.4 is 10.6 Å². The SMILES string of the molecule is CN1C(=O)CCc2cccc(CC3(N)CC3)c21. The van der Waals surface area contributed by atoms with Gasteiger partial charge in [0.15, 0.2) is 0 Å². The molecule has 1 aliphatic heterocycles. The fourth-order valence-electron chi connectivity index (χ4n) is 2.67. The van der Waals surface area contributed by atoms with Crippen LogP contribution in [0.15, 0.2) is 18.2 Å².